The first-order valence-electron chi connectivity index (χ1n) is 10.6. The summed E-state index contributed by atoms with van der Waals surface area (Å²) in [5, 5.41) is 16.1. The predicted molar refractivity (Wildman–Crippen MR) is 135 cm³/mol. The zero-order chi connectivity index (χ0) is 25.4. The highest BCUT2D eigenvalue weighted by Gasteiger charge is 2.20. The van der Waals surface area contributed by atoms with E-state index < -0.39 is 21.6 Å². The first kappa shape index (κ1) is 23.6. The average Bonchev–Trinajstić information content (AvgIpc) is 3.35. The van der Waals surface area contributed by atoms with Crippen LogP contribution in [-0.2, 0) is 9.84 Å². The van der Waals surface area contributed by atoms with Gasteiger partial charge in [0.05, 0.1) is 16.3 Å². The molecular formula is C25H17ClFN5O3S. The van der Waals surface area contributed by atoms with Crippen molar-refractivity contribution in [1.29, 1.82) is 0 Å². The van der Waals surface area contributed by atoms with Crippen molar-refractivity contribution >= 4 is 43.8 Å². The Bertz CT molecular complexity index is 1750. The van der Waals surface area contributed by atoms with Gasteiger partial charge in [-0.2, -0.15) is 4.68 Å². The van der Waals surface area contributed by atoms with Gasteiger partial charge < -0.3 is 5.32 Å². The van der Waals surface area contributed by atoms with Crippen LogP contribution < -0.4 is 5.32 Å². The number of hydrogen-bond acceptors (Lipinski definition) is 6. The van der Waals surface area contributed by atoms with Gasteiger partial charge in [0.25, 0.3) is 5.91 Å². The van der Waals surface area contributed by atoms with Crippen LogP contribution in [0.25, 0.3) is 27.6 Å². The summed E-state index contributed by atoms with van der Waals surface area (Å²) < 4.78 is 40.4. The van der Waals surface area contributed by atoms with Crippen LogP contribution in [0.1, 0.15) is 10.6 Å². The van der Waals surface area contributed by atoms with Gasteiger partial charge in [-0.25, -0.2) is 12.8 Å². The zero-order valence-corrected chi connectivity index (χ0v) is 20.3. The van der Waals surface area contributed by atoms with E-state index in [1.807, 2.05) is 18.2 Å². The van der Waals surface area contributed by atoms with E-state index in [0.717, 1.165) is 23.1 Å². The van der Waals surface area contributed by atoms with Crippen LogP contribution in [0.5, 0.6) is 0 Å². The number of tetrazole rings is 1. The Labute approximate surface area is 210 Å². The third-order valence-corrected chi connectivity index (χ3v) is 6.91. The van der Waals surface area contributed by atoms with E-state index in [0.29, 0.717) is 21.8 Å². The van der Waals surface area contributed by atoms with E-state index in [9.17, 15) is 17.6 Å². The molecular weight excluding hydrogens is 505 g/mol. The number of nitrogens with one attached hydrogen (secondary N) is 1. The minimum atomic E-state index is -3.52. The fourth-order valence-electron chi connectivity index (χ4n) is 3.83. The van der Waals surface area contributed by atoms with Crippen LogP contribution in [0.4, 0.5) is 10.1 Å². The first-order valence-corrected chi connectivity index (χ1v) is 12.9. The number of anilines is 1. The molecule has 0 saturated carbocycles. The number of hydrogen-bond donors (Lipinski definition) is 1. The van der Waals surface area contributed by atoms with Gasteiger partial charge in [0.2, 0.25) is 5.82 Å². The summed E-state index contributed by atoms with van der Waals surface area (Å²) in [7, 11) is -3.52. The quantitative estimate of drug-likeness (QED) is 0.351. The molecule has 5 rings (SSSR count). The smallest absolute Gasteiger partial charge is 0.295 e. The summed E-state index contributed by atoms with van der Waals surface area (Å²) in [4.78, 5) is 13.0. The van der Waals surface area contributed by atoms with E-state index in [2.05, 4.69) is 20.8 Å². The molecule has 0 unspecified atom stereocenters. The summed E-state index contributed by atoms with van der Waals surface area (Å²) in [5.74, 6) is -1.61. The van der Waals surface area contributed by atoms with Crippen LogP contribution >= 0.6 is 11.6 Å². The molecule has 0 saturated heterocycles. The topological polar surface area (TPSA) is 107 Å². The molecule has 180 valence electrons. The highest BCUT2D eigenvalue weighted by atomic mass is 35.5. The molecule has 36 heavy (non-hydrogen) atoms. The molecule has 0 radical (unpaired) electrons. The van der Waals surface area contributed by atoms with E-state index in [1.54, 1.807) is 36.4 Å². The number of amides is 1. The normalized spacial score (nSPS) is 11.5. The Hall–Kier alpha value is -4.15. The molecule has 0 aliphatic heterocycles. The molecule has 11 heteroatoms. The second-order valence-corrected chi connectivity index (χ2v) is 10.4. The minimum absolute atomic E-state index is 0.0815. The van der Waals surface area contributed by atoms with Gasteiger partial charge in [0.1, 0.15) is 5.82 Å². The lowest BCUT2D eigenvalue weighted by Crippen LogP contribution is -2.19. The maximum Gasteiger partial charge on any atom is 0.295 e. The molecule has 0 atom stereocenters. The van der Waals surface area contributed by atoms with Crippen molar-refractivity contribution in [2.45, 2.75) is 4.90 Å². The summed E-state index contributed by atoms with van der Waals surface area (Å²) in [6, 6.07) is 21.1. The first-order chi connectivity index (χ1) is 17.2. The number of fused-ring (bicyclic) bond motifs is 1. The SMILES string of the molecule is CS(=O)(=O)c1ccccc1-c1ccc(NC(=O)c2nnnn2-c2ccc3cc(Cl)ccc3c2)c(F)c1. The number of carbonyl (C=O) groups excluding carboxylic acids is 1. The number of aromatic nitrogens is 4. The average molecular weight is 522 g/mol. The highest BCUT2D eigenvalue weighted by molar-refractivity contribution is 7.90. The fraction of sp³-hybridized carbons (Fsp3) is 0.0400. The van der Waals surface area contributed by atoms with Gasteiger partial charge >= 0.3 is 0 Å². The summed E-state index contributed by atoms with van der Waals surface area (Å²) in [5.41, 5.74) is 1.14. The maximum atomic E-state index is 15.0. The Balaban J connectivity index is 1.43. The van der Waals surface area contributed by atoms with Crippen molar-refractivity contribution in [2.75, 3.05) is 11.6 Å². The number of rotatable bonds is 5. The van der Waals surface area contributed by atoms with Crippen molar-refractivity contribution in [3.05, 3.63) is 95.5 Å². The molecule has 1 amide bonds. The van der Waals surface area contributed by atoms with Crippen molar-refractivity contribution in [2.24, 2.45) is 0 Å². The van der Waals surface area contributed by atoms with Crippen LogP contribution in [0.2, 0.25) is 5.02 Å². The molecule has 1 aromatic heterocycles. The lowest BCUT2D eigenvalue weighted by molar-refractivity contribution is 0.101. The molecule has 4 aromatic carbocycles. The second-order valence-electron chi connectivity index (χ2n) is 8.01. The largest absolute Gasteiger partial charge is 0.317 e. The third-order valence-electron chi connectivity index (χ3n) is 5.52. The second kappa shape index (κ2) is 9.14. The Kier molecular flexibility index (Phi) is 5.99. The van der Waals surface area contributed by atoms with Gasteiger partial charge in [-0.3, -0.25) is 4.79 Å². The number of sulfone groups is 1. The number of benzene rings is 4. The van der Waals surface area contributed by atoms with Crippen LogP contribution in [0.3, 0.4) is 0 Å². The molecule has 1 N–H and O–H groups in total. The molecule has 1 heterocycles. The molecule has 0 spiro atoms. The van der Waals surface area contributed by atoms with Crippen LogP contribution in [0, 0.1) is 5.82 Å². The summed E-state index contributed by atoms with van der Waals surface area (Å²) >= 11 is 6.04. The molecule has 5 aromatic rings. The van der Waals surface area contributed by atoms with Gasteiger partial charge in [-0.15, -0.1) is 5.10 Å². The molecule has 8 nitrogen and oxygen atoms in total. The third kappa shape index (κ3) is 4.56. The molecule has 0 bridgehead atoms. The molecule has 0 aliphatic rings. The maximum absolute atomic E-state index is 15.0. The van der Waals surface area contributed by atoms with Gasteiger partial charge in [-0.05, 0) is 69.2 Å². The molecule has 0 fully saturated rings. The summed E-state index contributed by atoms with van der Waals surface area (Å²) in [6.07, 6.45) is 1.09. The molecule has 0 aliphatic carbocycles. The fourth-order valence-corrected chi connectivity index (χ4v) is 4.92. The summed E-state index contributed by atoms with van der Waals surface area (Å²) in [6.45, 7) is 0. The lowest BCUT2D eigenvalue weighted by Gasteiger charge is -2.11. The lowest BCUT2D eigenvalue weighted by atomic mass is 10.0. The monoisotopic (exact) mass is 521 g/mol. The van der Waals surface area contributed by atoms with Crippen molar-refractivity contribution in [3.63, 3.8) is 0 Å². The van der Waals surface area contributed by atoms with Crippen molar-refractivity contribution < 1.29 is 17.6 Å². The predicted octanol–water partition coefficient (Wildman–Crippen LogP) is 4.93. The van der Waals surface area contributed by atoms with E-state index in [4.69, 9.17) is 11.6 Å². The Morgan fingerprint density at radius 3 is 2.50 bits per heavy atom. The zero-order valence-electron chi connectivity index (χ0n) is 18.7. The standard InChI is InChI=1S/C25H17ClFN5O3S/c1-36(34,35)23-5-3-2-4-20(23)17-8-11-22(21(27)14-17)28-25(33)24-29-30-31-32(24)19-10-7-15-12-18(26)9-6-16(15)13-19/h2-14H,1H3,(H,28,33). The number of halogens is 2. The van der Waals surface area contributed by atoms with Crippen LogP contribution in [0.15, 0.2) is 83.8 Å². The van der Waals surface area contributed by atoms with E-state index in [1.165, 1.54) is 22.9 Å². The number of carbonyl (C=O) groups is 1. The van der Waals surface area contributed by atoms with E-state index >= 15 is 0 Å². The Morgan fingerprint density at radius 1 is 0.972 bits per heavy atom. The minimum Gasteiger partial charge on any atom is -0.317 e. The van der Waals surface area contributed by atoms with Crippen molar-refractivity contribution in [3.8, 4) is 16.8 Å². The van der Waals surface area contributed by atoms with Gasteiger partial charge in [0, 0.05) is 16.8 Å². The van der Waals surface area contributed by atoms with Crippen LogP contribution in [-0.4, -0.2) is 40.8 Å². The van der Waals surface area contributed by atoms with Gasteiger partial charge in [-0.1, -0.05) is 48.0 Å². The Morgan fingerprint density at radius 2 is 1.72 bits per heavy atom. The van der Waals surface area contributed by atoms with Gasteiger partial charge in [0.15, 0.2) is 9.84 Å². The highest BCUT2D eigenvalue weighted by Crippen LogP contribution is 2.30. The van der Waals surface area contributed by atoms with Crippen molar-refractivity contribution in [1.82, 2.24) is 20.2 Å². The number of nitrogens with zero attached hydrogens (tertiary/aromatic N) is 4. The van der Waals surface area contributed by atoms with E-state index in [-0.39, 0.29) is 16.4 Å².